The van der Waals surface area contributed by atoms with E-state index >= 15 is 0 Å². The summed E-state index contributed by atoms with van der Waals surface area (Å²) in [5.41, 5.74) is 0.852. The highest BCUT2D eigenvalue weighted by molar-refractivity contribution is 7.50. The number of para-hydroxylation sites is 1. The van der Waals surface area contributed by atoms with E-state index in [0.717, 1.165) is 16.4 Å². The fourth-order valence-electron chi connectivity index (χ4n) is 1.45. The molecule has 0 saturated heterocycles. The Labute approximate surface area is 115 Å². The van der Waals surface area contributed by atoms with Gasteiger partial charge in [-0.1, -0.05) is 18.2 Å². The molecule has 20 heavy (non-hydrogen) atoms. The van der Waals surface area contributed by atoms with Gasteiger partial charge in [0, 0.05) is 0 Å². The molecule has 2 rings (SSSR count). The standard InChI is InChI=1S/C11H13N6O2P/c1-10-4-2-3-5-11(10)19-20(18,16-8-13-6-12)17-9-14-7-15-17/h2-9H,1H3,(H2,12,13,16,18)/p+1. The summed E-state index contributed by atoms with van der Waals surface area (Å²) in [7, 11) is -3.44. The van der Waals surface area contributed by atoms with Crippen molar-refractivity contribution in [2.75, 3.05) is 0 Å². The van der Waals surface area contributed by atoms with Crippen LogP contribution < -0.4 is 9.61 Å². The summed E-state index contributed by atoms with van der Waals surface area (Å²) in [6, 6.07) is 7.23. The summed E-state index contributed by atoms with van der Waals surface area (Å²) in [6.07, 6.45) is 4.67. The fraction of sp³-hybridized carbons (Fsp3) is 0.0909. The molecule has 104 valence electrons. The van der Waals surface area contributed by atoms with Gasteiger partial charge in [0.2, 0.25) is 0 Å². The SMILES string of the molecule is Cc1ccccc1OP(=O)([NH2+]C=NC=N)n1cncn1. The number of nitrogens with two attached hydrogens (primary N) is 1. The molecule has 0 fully saturated rings. The third-order valence-corrected chi connectivity index (χ3v) is 4.18. The largest absolute Gasteiger partial charge is 0.567 e. The van der Waals surface area contributed by atoms with Gasteiger partial charge in [0.05, 0.1) is 0 Å². The second-order valence-corrected chi connectivity index (χ2v) is 5.83. The van der Waals surface area contributed by atoms with Crippen LogP contribution in [0.4, 0.5) is 0 Å². The Morgan fingerprint density at radius 3 is 2.95 bits per heavy atom. The topological polar surface area (TPSA) is 110 Å². The van der Waals surface area contributed by atoms with Crippen LogP contribution in [-0.4, -0.2) is 27.2 Å². The van der Waals surface area contributed by atoms with Gasteiger partial charge in [0.1, 0.15) is 24.7 Å². The van der Waals surface area contributed by atoms with E-state index in [1.807, 2.05) is 19.1 Å². The van der Waals surface area contributed by atoms with Gasteiger partial charge in [-0.05, 0) is 18.6 Å². The fourth-order valence-corrected chi connectivity index (χ4v) is 2.86. The maximum atomic E-state index is 12.9. The summed E-state index contributed by atoms with van der Waals surface area (Å²) < 4.78 is 19.7. The molecule has 2 aromatic rings. The van der Waals surface area contributed by atoms with Crippen LogP contribution in [0.15, 0.2) is 41.9 Å². The van der Waals surface area contributed by atoms with Crippen LogP contribution in [-0.2, 0) is 4.57 Å². The van der Waals surface area contributed by atoms with Crippen LogP contribution in [0.25, 0.3) is 0 Å². The van der Waals surface area contributed by atoms with Crippen molar-refractivity contribution in [2.45, 2.75) is 6.92 Å². The van der Waals surface area contributed by atoms with Crippen LogP contribution >= 0.6 is 7.67 Å². The van der Waals surface area contributed by atoms with E-state index < -0.39 is 7.67 Å². The number of nitrogens with one attached hydrogen (secondary N) is 1. The molecule has 0 aliphatic rings. The molecule has 0 amide bonds. The number of nitrogens with zero attached hydrogens (tertiary/aromatic N) is 4. The lowest BCUT2D eigenvalue weighted by Crippen LogP contribution is -2.79. The molecule has 3 N–H and O–H groups in total. The van der Waals surface area contributed by atoms with E-state index in [2.05, 4.69) is 15.1 Å². The van der Waals surface area contributed by atoms with Crippen molar-refractivity contribution in [1.82, 2.24) is 14.5 Å². The number of hydrogen-bond acceptors (Lipinski definition) is 5. The van der Waals surface area contributed by atoms with Gasteiger partial charge >= 0.3 is 7.67 Å². The Balaban J connectivity index is 2.32. The van der Waals surface area contributed by atoms with E-state index in [1.54, 1.807) is 12.1 Å². The minimum atomic E-state index is -3.44. The monoisotopic (exact) mass is 293 g/mol. The third-order valence-electron chi connectivity index (χ3n) is 2.43. The Kier molecular flexibility index (Phi) is 4.39. The average Bonchev–Trinajstić information content (AvgIpc) is 2.96. The van der Waals surface area contributed by atoms with E-state index in [0.29, 0.717) is 5.75 Å². The number of aromatic nitrogens is 3. The van der Waals surface area contributed by atoms with Gasteiger partial charge in [-0.3, -0.25) is 5.41 Å². The number of benzene rings is 1. The lowest BCUT2D eigenvalue weighted by atomic mass is 10.2. The van der Waals surface area contributed by atoms with E-state index in [9.17, 15) is 4.57 Å². The van der Waals surface area contributed by atoms with E-state index in [1.165, 1.54) is 24.1 Å². The zero-order valence-electron chi connectivity index (χ0n) is 10.7. The lowest BCUT2D eigenvalue weighted by molar-refractivity contribution is -0.372. The summed E-state index contributed by atoms with van der Waals surface area (Å²) >= 11 is 0. The summed E-state index contributed by atoms with van der Waals surface area (Å²) in [5.74, 6) is 0.492. The van der Waals surface area contributed by atoms with Gasteiger partial charge in [0.15, 0.2) is 6.34 Å². The Bertz CT molecular complexity index is 655. The van der Waals surface area contributed by atoms with Crippen molar-refractivity contribution in [2.24, 2.45) is 4.99 Å². The average molecular weight is 293 g/mol. The summed E-state index contributed by atoms with van der Waals surface area (Å²) in [4.78, 5) is 7.35. The zero-order valence-corrected chi connectivity index (χ0v) is 11.6. The van der Waals surface area contributed by atoms with Crippen LogP contribution in [0.1, 0.15) is 5.56 Å². The van der Waals surface area contributed by atoms with Crippen LogP contribution in [0.3, 0.4) is 0 Å². The maximum Gasteiger partial charge on any atom is 0.567 e. The highest BCUT2D eigenvalue weighted by Crippen LogP contribution is 2.38. The summed E-state index contributed by atoms with van der Waals surface area (Å²) in [5, 5.41) is 12.0. The molecule has 0 radical (unpaired) electrons. The number of rotatable bonds is 6. The first-order valence-corrected chi connectivity index (χ1v) is 7.37. The van der Waals surface area contributed by atoms with Gasteiger partial charge in [0.25, 0.3) is 0 Å². The number of aryl methyl sites for hydroxylation is 1. The molecule has 0 spiro atoms. The second kappa shape index (κ2) is 6.23. The highest BCUT2D eigenvalue weighted by atomic mass is 31.2. The minimum Gasteiger partial charge on any atom is -0.386 e. The first kappa shape index (κ1) is 14.1. The predicted molar refractivity (Wildman–Crippen MR) is 74.0 cm³/mol. The molecule has 1 aromatic carbocycles. The van der Waals surface area contributed by atoms with Gasteiger partial charge in [-0.2, -0.15) is 9.56 Å². The number of aliphatic imine (C=N–C) groups is 1. The zero-order chi connectivity index (χ0) is 14.4. The molecule has 0 aliphatic heterocycles. The van der Waals surface area contributed by atoms with Gasteiger partial charge in [-0.15, -0.1) is 9.55 Å². The smallest absolute Gasteiger partial charge is 0.386 e. The Morgan fingerprint density at radius 1 is 1.50 bits per heavy atom. The second-order valence-electron chi connectivity index (χ2n) is 3.81. The normalized spacial score (nSPS) is 14.1. The van der Waals surface area contributed by atoms with Crippen molar-refractivity contribution in [1.29, 1.82) is 5.41 Å². The molecule has 0 aliphatic carbocycles. The molecule has 1 heterocycles. The highest BCUT2D eigenvalue weighted by Gasteiger charge is 2.34. The molecular weight excluding hydrogens is 279 g/mol. The molecule has 1 aromatic heterocycles. The maximum absolute atomic E-state index is 12.9. The first-order chi connectivity index (χ1) is 9.65. The molecule has 1 atom stereocenters. The third kappa shape index (κ3) is 3.17. The van der Waals surface area contributed by atoms with Crippen LogP contribution in [0.2, 0.25) is 0 Å². The minimum absolute atomic E-state index is 0.492. The number of hydrogen-bond donors (Lipinski definition) is 2. The van der Waals surface area contributed by atoms with Crippen molar-refractivity contribution in [3.63, 3.8) is 0 Å². The van der Waals surface area contributed by atoms with Crippen molar-refractivity contribution < 1.29 is 14.2 Å². The predicted octanol–water partition coefficient (Wildman–Crippen LogP) is 0.820. The Hall–Kier alpha value is -2.31. The molecular formula is C11H14N6O2P+. The number of quaternary nitrogens is 1. The first-order valence-electron chi connectivity index (χ1n) is 5.73. The molecule has 9 heteroatoms. The van der Waals surface area contributed by atoms with Gasteiger partial charge < -0.3 is 4.52 Å². The molecule has 1 unspecified atom stereocenters. The molecule has 0 bridgehead atoms. The van der Waals surface area contributed by atoms with Crippen LogP contribution in [0.5, 0.6) is 5.75 Å². The molecule has 0 saturated carbocycles. The van der Waals surface area contributed by atoms with Crippen molar-refractivity contribution >= 4 is 20.3 Å². The lowest BCUT2D eigenvalue weighted by Gasteiger charge is -2.14. The molecule has 8 nitrogen and oxygen atoms in total. The van der Waals surface area contributed by atoms with Crippen molar-refractivity contribution in [3.05, 3.63) is 42.5 Å². The van der Waals surface area contributed by atoms with E-state index in [-0.39, 0.29) is 0 Å². The van der Waals surface area contributed by atoms with Gasteiger partial charge in [-0.25, -0.2) is 10.1 Å². The van der Waals surface area contributed by atoms with E-state index in [4.69, 9.17) is 9.93 Å². The van der Waals surface area contributed by atoms with Crippen molar-refractivity contribution in [3.8, 4) is 5.75 Å². The summed E-state index contributed by atoms with van der Waals surface area (Å²) in [6.45, 7) is 1.85. The Morgan fingerprint density at radius 2 is 2.30 bits per heavy atom. The van der Waals surface area contributed by atoms with Crippen LogP contribution in [0, 0.1) is 12.3 Å². The quantitative estimate of drug-likeness (QED) is 0.466.